The van der Waals surface area contributed by atoms with Crippen LogP contribution in [0.25, 0.3) is 0 Å². The second kappa shape index (κ2) is 4.64. The minimum atomic E-state index is -0.161. The third kappa shape index (κ3) is 2.13. The van der Waals surface area contributed by atoms with Gasteiger partial charge in [-0.3, -0.25) is 4.79 Å². The molecule has 0 saturated heterocycles. The number of halogens is 1. The number of hydrogen-bond donors (Lipinski definition) is 1. The van der Waals surface area contributed by atoms with Crippen LogP contribution in [0.2, 0.25) is 5.02 Å². The Morgan fingerprint density at radius 2 is 2.07 bits per heavy atom. The molecule has 0 aliphatic carbocycles. The van der Waals surface area contributed by atoms with Crippen LogP contribution in [0, 0.1) is 13.8 Å². The van der Waals surface area contributed by atoms with E-state index in [1.165, 1.54) is 7.11 Å². The summed E-state index contributed by atoms with van der Waals surface area (Å²) in [6.07, 6.45) is 0. The van der Waals surface area contributed by atoms with E-state index in [2.05, 4.69) is 0 Å². The van der Waals surface area contributed by atoms with Crippen molar-refractivity contribution in [1.29, 1.82) is 0 Å². The van der Waals surface area contributed by atoms with E-state index in [0.29, 0.717) is 16.3 Å². The number of ketones is 1. The maximum absolute atomic E-state index is 11.6. The third-order valence-corrected chi connectivity index (χ3v) is 2.74. The molecule has 0 aliphatic rings. The molecule has 0 spiro atoms. The van der Waals surface area contributed by atoms with Crippen LogP contribution < -0.4 is 10.5 Å². The molecule has 1 aromatic rings. The summed E-state index contributed by atoms with van der Waals surface area (Å²) in [5.74, 6) is 0.260. The van der Waals surface area contributed by atoms with Crippen LogP contribution in [-0.4, -0.2) is 19.4 Å². The summed E-state index contributed by atoms with van der Waals surface area (Å²) >= 11 is 6.05. The predicted molar refractivity (Wildman–Crippen MR) is 60.9 cm³/mol. The van der Waals surface area contributed by atoms with Crippen LogP contribution in [-0.2, 0) is 0 Å². The summed E-state index contributed by atoms with van der Waals surface area (Å²) in [7, 11) is 1.49. The van der Waals surface area contributed by atoms with Gasteiger partial charge in [-0.05, 0) is 25.0 Å². The number of Topliss-reactive ketones (excluding diaryl/α,β-unsaturated/α-hetero) is 1. The van der Waals surface area contributed by atoms with Crippen LogP contribution in [0.15, 0.2) is 6.07 Å². The number of rotatable bonds is 3. The van der Waals surface area contributed by atoms with Gasteiger partial charge in [0.05, 0.1) is 24.2 Å². The van der Waals surface area contributed by atoms with Crippen molar-refractivity contribution in [2.24, 2.45) is 5.73 Å². The molecule has 0 bridgehead atoms. The molecule has 0 heterocycles. The molecule has 0 atom stereocenters. The Morgan fingerprint density at radius 3 is 2.53 bits per heavy atom. The molecule has 0 saturated carbocycles. The average molecular weight is 228 g/mol. The second-order valence-electron chi connectivity index (χ2n) is 3.36. The molecule has 2 N–H and O–H groups in total. The number of carbonyl (C=O) groups excluding carboxylic acids is 1. The number of benzene rings is 1. The topological polar surface area (TPSA) is 52.3 Å². The molecule has 4 heteroatoms. The molecular formula is C11H14ClNO2. The SMILES string of the molecule is COc1c(Cl)c(C)cc(C)c1C(=O)CN. The number of nitrogens with two attached hydrogens (primary N) is 1. The molecule has 0 fully saturated rings. The van der Waals surface area contributed by atoms with Gasteiger partial charge in [-0.25, -0.2) is 0 Å². The Labute approximate surface area is 94.2 Å². The Morgan fingerprint density at radius 1 is 1.47 bits per heavy atom. The van der Waals surface area contributed by atoms with Crippen molar-refractivity contribution in [2.45, 2.75) is 13.8 Å². The second-order valence-corrected chi connectivity index (χ2v) is 3.74. The average Bonchev–Trinajstić information content (AvgIpc) is 2.21. The van der Waals surface area contributed by atoms with E-state index in [4.69, 9.17) is 22.1 Å². The molecule has 0 radical (unpaired) electrons. The van der Waals surface area contributed by atoms with Crippen molar-refractivity contribution in [3.63, 3.8) is 0 Å². The normalized spacial score (nSPS) is 10.2. The van der Waals surface area contributed by atoms with E-state index in [1.807, 2.05) is 19.9 Å². The van der Waals surface area contributed by atoms with Gasteiger partial charge in [0.2, 0.25) is 0 Å². The van der Waals surface area contributed by atoms with Gasteiger partial charge >= 0.3 is 0 Å². The fraction of sp³-hybridized carbons (Fsp3) is 0.364. The summed E-state index contributed by atoms with van der Waals surface area (Å²) in [5.41, 5.74) is 7.54. The van der Waals surface area contributed by atoms with Gasteiger partial charge in [-0.2, -0.15) is 0 Å². The molecule has 0 aromatic heterocycles. The van der Waals surface area contributed by atoms with Gasteiger partial charge in [0.1, 0.15) is 5.75 Å². The van der Waals surface area contributed by atoms with Gasteiger partial charge in [0, 0.05) is 0 Å². The summed E-state index contributed by atoms with van der Waals surface area (Å²) in [5, 5.41) is 0.472. The first-order chi connectivity index (χ1) is 7.02. The lowest BCUT2D eigenvalue weighted by atomic mass is 10.0. The van der Waals surface area contributed by atoms with Gasteiger partial charge in [-0.1, -0.05) is 17.7 Å². The molecule has 1 rings (SSSR count). The van der Waals surface area contributed by atoms with Crippen molar-refractivity contribution < 1.29 is 9.53 Å². The molecule has 15 heavy (non-hydrogen) atoms. The molecular weight excluding hydrogens is 214 g/mol. The number of hydrogen-bond acceptors (Lipinski definition) is 3. The van der Waals surface area contributed by atoms with Crippen molar-refractivity contribution in [3.8, 4) is 5.75 Å². The van der Waals surface area contributed by atoms with E-state index in [0.717, 1.165) is 11.1 Å². The fourth-order valence-corrected chi connectivity index (χ4v) is 1.79. The molecule has 0 amide bonds. The summed E-state index contributed by atoms with van der Waals surface area (Å²) in [6.45, 7) is 3.67. The zero-order valence-electron chi connectivity index (χ0n) is 9.06. The Hall–Kier alpha value is -1.06. The highest BCUT2D eigenvalue weighted by Gasteiger charge is 2.18. The lowest BCUT2D eigenvalue weighted by Gasteiger charge is -2.13. The fourth-order valence-electron chi connectivity index (χ4n) is 1.57. The van der Waals surface area contributed by atoms with Crippen LogP contribution in [0.5, 0.6) is 5.75 Å². The largest absolute Gasteiger partial charge is 0.494 e. The van der Waals surface area contributed by atoms with Crippen LogP contribution in [0.3, 0.4) is 0 Å². The highest BCUT2D eigenvalue weighted by molar-refractivity contribution is 6.33. The number of aryl methyl sites for hydroxylation is 2. The zero-order valence-corrected chi connectivity index (χ0v) is 9.81. The first kappa shape index (κ1) is 12.0. The highest BCUT2D eigenvalue weighted by Crippen LogP contribution is 2.34. The molecule has 0 aliphatic heterocycles. The molecule has 0 unspecified atom stereocenters. The molecule has 3 nitrogen and oxygen atoms in total. The number of methoxy groups -OCH3 is 1. The molecule has 1 aromatic carbocycles. The minimum Gasteiger partial charge on any atom is -0.494 e. The van der Waals surface area contributed by atoms with Crippen LogP contribution in [0.1, 0.15) is 21.5 Å². The Bertz CT molecular complexity index is 402. The maximum Gasteiger partial charge on any atom is 0.180 e. The Balaban J connectivity index is 3.49. The van der Waals surface area contributed by atoms with Gasteiger partial charge in [-0.15, -0.1) is 0 Å². The first-order valence-corrected chi connectivity index (χ1v) is 4.97. The number of carbonyl (C=O) groups is 1. The predicted octanol–water partition coefficient (Wildman–Crippen LogP) is 2.11. The van der Waals surface area contributed by atoms with Gasteiger partial charge in [0.15, 0.2) is 5.78 Å². The van der Waals surface area contributed by atoms with E-state index >= 15 is 0 Å². The van der Waals surface area contributed by atoms with E-state index in [9.17, 15) is 4.79 Å². The van der Waals surface area contributed by atoms with Gasteiger partial charge < -0.3 is 10.5 Å². The van der Waals surface area contributed by atoms with E-state index in [1.54, 1.807) is 0 Å². The maximum atomic E-state index is 11.6. The minimum absolute atomic E-state index is 0.0450. The summed E-state index contributed by atoms with van der Waals surface area (Å²) in [6, 6.07) is 1.85. The van der Waals surface area contributed by atoms with Crippen molar-refractivity contribution >= 4 is 17.4 Å². The monoisotopic (exact) mass is 227 g/mol. The van der Waals surface area contributed by atoms with Crippen LogP contribution in [0.4, 0.5) is 0 Å². The van der Waals surface area contributed by atoms with Crippen molar-refractivity contribution in [1.82, 2.24) is 0 Å². The first-order valence-electron chi connectivity index (χ1n) is 4.59. The van der Waals surface area contributed by atoms with Crippen LogP contribution >= 0.6 is 11.6 Å². The van der Waals surface area contributed by atoms with E-state index in [-0.39, 0.29) is 12.3 Å². The smallest absolute Gasteiger partial charge is 0.180 e. The van der Waals surface area contributed by atoms with Gasteiger partial charge in [0.25, 0.3) is 0 Å². The highest BCUT2D eigenvalue weighted by atomic mass is 35.5. The quantitative estimate of drug-likeness (QED) is 0.805. The summed E-state index contributed by atoms with van der Waals surface area (Å²) in [4.78, 5) is 11.6. The van der Waals surface area contributed by atoms with Crippen molar-refractivity contribution in [2.75, 3.05) is 13.7 Å². The van der Waals surface area contributed by atoms with Crippen molar-refractivity contribution in [3.05, 3.63) is 27.8 Å². The lowest BCUT2D eigenvalue weighted by Crippen LogP contribution is -2.16. The number of ether oxygens (including phenoxy) is 1. The third-order valence-electron chi connectivity index (χ3n) is 2.27. The standard InChI is InChI=1S/C11H14ClNO2/c1-6-4-7(2)10(12)11(15-3)9(6)8(14)5-13/h4H,5,13H2,1-3H3. The lowest BCUT2D eigenvalue weighted by molar-refractivity contribution is 0.0998. The molecule has 82 valence electrons. The Kier molecular flexibility index (Phi) is 3.72. The summed E-state index contributed by atoms with van der Waals surface area (Å²) < 4.78 is 5.15. The zero-order chi connectivity index (χ0) is 11.6. The van der Waals surface area contributed by atoms with E-state index < -0.39 is 0 Å².